The van der Waals surface area contributed by atoms with Crippen molar-refractivity contribution in [1.82, 2.24) is 9.80 Å². The molecule has 0 aromatic heterocycles. The van der Waals surface area contributed by atoms with Crippen molar-refractivity contribution < 1.29 is 14.7 Å². The second kappa shape index (κ2) is 6.07. The second-order valence-corrected chi connectivity index (χ2v) is 5.18. The minimum absolute atomic E-state index is 0.0362. The summed E-state index contributed by atoms with van der Waals surface area (Å²) < 4.78 is 0. The van der Waals surface area contributed by atoms with Crippen LogP contribution < -0.4 is 0 Å². The van der Waals surface area contributed by atoms with Crippen molar-refractivity contribution in [2.24, 2.45) is 5.92 Å². The van der Waals surface area contributed by atoms with Crippen molar-refractivity contribution in [3.8, 4) is 0 Å². The lowest BCUT2D eigenvalue weighted by atomic mass is 9.90. The number of carbonyl (C=O) groups excluding carboxylic acids is 1. The summed E-state index contributed by atoms with van der Waals surface area (Å²) in [6.45, 7) is 9.05. The van der Waals surface area contributed by atoms with Crippen LogP contribution in [0, 0.1) is 5.92 Å². The third kappa shape index (κ3) is 2.94. The SMILES string of the molecule is CCN(C(=O)N1CCC[C@H](C(=O)O)[C@@H]1C)C(C)C. The molecule has 0 aromatic rings. The molecule has 1 rings (SSSR count). The highest BCUT2D eigenvalue weighted by Gasteiger charge is 2.37. The van der Waals surface area contributed by atoms with Gasteiger partial charge in [0.2, 0.25) is 0 Å². The third-order valence-corrected chi connectivity index (χ3v) is 3.76. The zero-order valence-electron chi connectivity index (χ0n) is 11.7. The predicted molar refractivity (Wildman–Crippen MR) is 69.4 cm³/mol. The third-order valence-electron chi connectivity index (χ3n) is 3.76. The molecule has 1 aliphatic heterocycles. The van der Waals surface area contributed by atoms with Crippen molar-refractivity contribution in [3.05, 3.63) is 0 Å². The fraction of sp³-hybridized carbons (Fsp3) is 0.846. The molecular weight excluding hydrogens is 232 g/mol. The van der Waals surface area contributed by atoms with Gasteiger partial charge in [0, 0.05) is 25.2 Å². The van der Waals surface area contributed by atoms with Gasteiger partial charge in [-0.2, -0.15) is 0 Å². The number of carbonyl (C=O) groups is 2. The highest BCUT2D eigenvalue weighted by molar-refractivity contribution is 5.77. The molecule has 1 fully saturated rings. The number of carboxylic acid groups (broad SMARTS) is 1. The summed E-state index contributed by atoms with van der Waals surface area (Å²) in [4.78, 5) is 27.1. The molecule has 104 valence electrons. The van der Waals surface area contributed by atoms with E-state index in [0.29, 0.717) is 19.5 Å². The zero-order valence-corrected chi connectivity index (χ0v) is 11.7. The van der Waals surface area contributed by atoms with E-state index in [1.54, 1.807) is 9.80 Å². The number of likely N-dealkylation sites (tertiary alicyclic amines) is 1. The van der Waals surface area contributed by atoms with Crippen molar-refractivity contribution in [2.75, 3.05) is 13.1 Å². The Morgan fingerprint density at radius 1 is 1.44 bits per heavy atom. The molecule has 1 saturated heterocycles. The average Bonchev–Trinajstić information content (AvgIpc) is 2.29. The maximum absolute atomic E-state index is 12.4. The van der Waals surface area contributed by atoms with Gasteiger partial charge in [-0.15, -0.1) is 0 Å². The molecule has 5 nitrogen and oxygen atoms in total. The zero-order chi connectivity index (χ0) is 13.9. The molecule has 18 heavy (non-hydrogen) atoms. The van der Waals surface area contributed by atoms with E-state index in [2.05, 4.69) is 0 Å². The summed E-state index contributed by atoms with van der Waals surface area (Å²) in [7, 11) is 0. The van der Waals surface area contributed by atoms with Gasteiger partial charge in [-0.05, 0) is 40.5 Å². The van der Waals surface area contributed by atoms with E-state index in [1.807, 2.05) is 27.7 Å². The van der Waals surface area contributed by atoms with Crippen molar-refractivity contribution >= 4 is 12.0 Å². The minimum atomic E-state index is -0.799. The number of piperidine rings is 1. The van der Waals surface area contributed by atoms with Crippen LogP contribution in [0.2, 0.25) is 0 Å². The number of amides is 2. The monoisotopic (exact) mass is 256 g/mol. The van der Waals surface area contributed by atoms with Crippen LogP contribution in [0.15, 0.2) is 0 Å². The van der Waals surface area contributed by atoms with Crippen LogP contribution in [-0.4, -0.2) is 52.1 Å². The van der Waals surface area contributed by atoms with E-state index in [1.165, 1.54) is 0 Å². The molecule has 2 amide bonds. The van der Waals surface area contributed by atoms with Crippen LogP contribution >= 0.6 is 0 Å². The Kier molecular flexibility index (Phi) is 4.99. The Labute approximate surface area is 109 Å². The smallest absolute Gasteiger partial charge is 0.320 e. The number of nitrogens with zero attached hydrogens (tertiary/aromatic N) is 2. The van der Waals surface area contributed by atoms with E-state index in [9.17, 15) is 9.59 Å². The lowest BCUT2D eigenvalue weighted by molar-refractivity contribution is -0.145. The van der Waals surface area contributed by atoms with Gasteiger partial charge in [0.05, 0.1) is 5.92 Å². The number of hydrogen-bond acceptors (Lipinski definition) is 2. The molecule has 2 atom stereocenters. The number of rotatable bonds is 3. The van der Waals surface area contributed by atoms with Crippen LogP contribution in [0.1, 0.15) is 40.5 Å². The van der Waals surface area contributed by atoms with Gasteiger partial charge in [0.15, 0.2) is 0 Å². The first-order valence-corrected chi connectivity index (χ1v) is 6.70. The van der Waals surface area contributed by atoms with E-state index in [-0.39, 0.29) is 18.1 Å². The summed E-state index contributed by atoms with van der Waals surface area (Å²) in [5.41, 5.74) is 0. The molecular formula is C13H24N2O3. The fourth-order valence-electron chi connectivity index (χ4n) is 2.63. The summed E-state index contributed by atoms with van der Waals surface area (Å²) >= 11 is 0. The van der Waals surface area contributed by atoms with Crippen molar-refractivity contribution in [2.45, 2.75) is 52.6 Å². The molecule has 1 N–H and O–H groups in total. The van der Waals surface area contributed by atoms with Crippen molar-refractivity contribution in [3.63, 3.8) is 0 Å². The first kappa shape index (κ1) is 14.8. The molecule has 0 aromatic carbocycles. The molecule has 0 saturated carbocycles. The van der Waals surface area contributed by atoms with Gasteiger partial charge in [0.1, 0.15) is 0 Å². The second-order valence-electron chi connectivity index (χ2n) is 5.18. The summed E-state index contributed by atoms with van der Waals surface area (Å²) in [6.07, 6.45) is 1.43. The largest absolute Gasteiger partial charge is 0.481 e. The van der Waals surface area contributed by atoms with E-state index in [0.717, 1.165) is 6.42 Å². The molecule has 0 radical (unpaired) electrons. The van der Waals surface area contributed by atoms with Crippen LogP contribution in [-0.2, 0) is 4.79 Å². The molecule has 1 heterocycles. The van der Waals surface area contributed by atoms with Crippen LogP contribution in [0.25, 0.3) is 0 Å². The topological polar surface area (TPSA) is 60.9 Å². The first-order valence-electron chi connectivity index (χ1n) is 6.70. The van der Waals surface area contributed by atoms with E-state index < -0.39 is 11.9 Å². The summed E-state index contributed by atoms with van der Waals surface area (Å²) in [5, 5.41) is 9.16. The number of hydrogen-bond donors (Lipinski definition) is 1. The van der Waals surface area contributed by atoms with Gasteiger partial charge >= 0.3 is 12.0 Å². The van der Waals surface area contributed by atoms with Gasteiger partial charge in [-0.1, -0.05) is 0 Å². The molecule has 0 spiro atoms. The summed E-state index contributed by atoms with van der Waals surface area (Å²) in [6, 6.07) is -0.123. The molecule has 0 unspecified atom stereocenters. The Bertz CT molecular complexity index is 317. The van der Waals surface area contributed by atoms with Gasteiger partial charge in [-0.3, -0.25) is 4.79 Å². The van der Waals surface area contributed by atoms with Gasteiger partial charge in [0.25, 0.3) is 0 Å². The van der Waals surface area contributed by atoms with E-state index in [4.69, 9.17) is 5.11 Å². The molecule has 5 heteroatoms. The highest BCUT2D eigenvalue weighted by Crippen LogP contribution is 2.25. The predicted octanol–water partition coefficient (Wildman–Crippen LogP) is 2.02. The number of aliphatic carboxylic acids is 1. The maximum atomic E-state index is 12.4. The van der Waals surface area contributed by atoms with Crippen LogP contribution in [0.5, 0.6) is 0 Å². The standard InChI is InChI=1S/C13H24N2O3/c1-5-14(9(2)3)13(18)15-8-6-7-11(10(15)4)12(16)17/h9-11H,5-8H2,1-4H3,(H,16,17)/t10-,11-/m0/s1. The molecule has 1 aliphatic rings. The van der Waals surface area contributed by atoms with Gasteiger partial charge < -0.3 is 14.9 Å². The maximum Gasteiger partial charge on any atom is 0.320 e. The quantitative estimate of drug-likeness (QED) is 0.840. The first-order chi connectivity index (χ1) is 8.40. The number of carboxylic acids is 1. The van der Waals surface area contributed by atoms with Gasteiger partial charge in [-0.25, -0.2) is 4.79 Å². The molecule has 0 bridgehead atoms. The normalized spacial score (nSPS) is 24.2. The Balaban J connectivity index is 2.81. The average molecular weight is 256 g/mol. The summed E-state index contributed by atoms with van der Waals surface area (Å²) in [5.74, 6) is -1.24. The van der Waals surface area contributed by atoms with E-state index >= 15 is 0 Å². The van der Waals surface area contributed by atoms with Crippen LogP contribution in [0.4, 0.5) is 4.79 Å². The van der Waals surface area contributed by atoms with Crippen LogP contribution in [0.3, 0.4) is 0 Å². The lowest BCUT2D eigenvalue weighted by Gasteiger charge is -2.41. The molecule has 0 aliphatic carbocycles. The lowest BCUT2D eigenvalue weighted by Crippen LogP contribution is -2.55. The Morgan fingerprint density at radius 2 is 2.06 bits per heavy atom. The van der Waals surface area contributed by atoms with Crippen molar-refractivity contribution in [1.29, 1.82) is 0 Å². The Morgan fingerprint density at radius 3 is 2.50 bits per heavy atom. The Hall–Kier alpha value is -1.26. The number of urea groups is 1. The minimum Gasteiger partial charge on any atom is -0.481 e. The highest BCUT2D eigenvalue weighted by atomic mass is 16.4. The fourth-order valence-corrected chi connectivity index (χ4v) is 2.63.